The second-order valence-electron chi connectivity index (χ2n) is 4.01. The van der Waals surface area contributed by atoms with Gasteiger partial charge in [0.2, 0.25) is 0 Å². The number of nitrogens with one attached hydrogen (secondary N) is 1. The van der Waals surface area contributed by atoms with Gasteiger partial charge in [0.25, 0.3) is 5.91 Å². The lowest BCUT2D eigenvalue weighted by molar-refractivity contribution is -0.137. The van der Waals surface area contributed by atoms with Crippen LogP contribution < -0.4 is 5.32 Å². The van der Waals surface area contributed by atoms with Crippen molar-refractivity contribution in [2.45, 2.75) is 6.18 Å². The fraction of sp³-hybridized carbons (Fsp3) is 0.0769. The van der Waals surface area contributed by atoms with Crippen LogP contribution in [0.2, 0.25) is 5.15 Å². The van der Waals surface area contributed by atoms with Crippen LogP contribution in [0.1, 0.15) is 15.9 Å². The first-order valence-corrected chi connectivity index (χ1v) is 5.95. The zero-order chi connectivity index (χ0) is 15.6. The maximum Gasteiger partial charge on any atom is 0.416 e. The van der Waals surface area contributed by atoms with E-state index in [1.165, 1.54) is 18.3 Å². The van der Waals surface area contributed by atoms with E-state index in [0.29, 0.717) is 18.2 Å². The van der Waals surface area contributed by atoms with Gasteiger partial charge in [-0.2, -0.15) is 13.2 Å². The lowest BCUT2D eigenvalue weighted by Gasteiger charge is -2.10. The van der Waals surface area contributed by atoms with E-state index in [4.69, 9.17) is 11.6 Å². The second kappa shape index (κ2) is 5.69. The van der Waals surface area contributed by atoms with Crippen molar-refractivity contribution < 1.29 is 22.4 Å². The van der Waals surface area contributed by atoms with E-state index in [0.717, 1.165) is 0 Å². The molecule has 0 aliphatic rings. The molecule has 0 unspecified atom stereocenters. The molecule has 21 heavy (non-hydrogen) atoms. The Kier molecular flexibility index (Phi) is 4.13. The van der Waals surface area contributed by atoms with Gasteiger partial charge < -0.3 is 5.32 Å². The van der Waals surface area contributed by atoms with E-state index in [1.807, 2.05) is 0 Å². The van der Waals surface area contributed by atoms with Crippen molar-refractivity contribution in [3.05, 3.63) is 58.6 Å². The number of aromatic nitrogens is 1. The Labute approximate surface area is 121 Å². The molecule has 110 valence electrons. The standard InChI is InChI=1S/C13H7ClF4N2O/c14-11-6-8(3-4-19-11)20-12(21)9-5-7(13(16,17)18)1-2-10(9)15/h1-6H,(H,19,20,21). The third-order valence-corrected chi connectivity index (χ3v) is 2.73. The van der Waals surface area contributed by atoms with Crippen molar-refractivity contribution in [3.8, 4) is 0 Å². The van der Waals surface area contributed by atoms with Gasteiger partial charge in [0, 0.05) is 11.9 Å². The highest BCUT2D eigenvalue weighted by Gasteiger charge is 2.31. The van der Waals surface area contributed by atoms with Gasteiger partial charge in [-0.3, -0.25) is 4.79 Å². The van der Waals surface area contributed by atoms with Crippen LogP contribution in [0, 0.1) is 5.82 Å². The van der Waals surface area contributed by atoms with Gasteiger partial charge in [-0.05, 0) is 30.3 Å². The number of rotatable bonds is 2. The van der Waals surface area contributed by atoms with E-state index in [2.05, 4.69) is 10.3 Å². The summed E-state index contributed by atoms with van der Waals surface area (Å²) in [6, 6.07) is 4.26. The molecule has 1 amide bonds. The summed E-state index contributed by atoms with van der Waals surface area (Å²) >= 11 is 5.61. The second-order valence-corrected chi connectivity index (χ2v) is 4.40. The molecule has 1 aromatic carbocycles. The number of benzene rings is 1. The first-order valence-electron chi connectivity index (χ1n) is 5.57. The topological polar surface area (TPSA) is 42.0 Å². The summed E-state index contributed by atoms with van der Waals surface area (Å²) in [5.74, 6) is -2.07. The third kappa shape index (κ3) is 3.69. The van der Waals surface area contributed by atoms with E-state index >= 15 is 0 Å². The number of nitrogens with zero attached hydrogens (tertiary/aromatic N) is 1. The summed E-state index contributed by atoms with van der Waals surface area (Å²) in [4.78, 5) is 15.5. The van der Waals surface area contributed by atoms with E-state index in [1.54, 1.807) is 0 Å². The molecule has 1 heterocycles. The van der Waals surface area contributed by atoms with Crippen LogP contribution in [0.3, 0.4) is 0 Å². The highest BCUT2D eigenvalue weighted by atomic mass is 35.5. The lowest BCUT2D eigenvalue weighted by Crippen LogP contribution is -2.16. The smallest absolute Gasteiger partial charge is 0.322 e. The van der Waals surface area contributed by atoms with Crippen molar-refractivity contribution in [2.75, 3.05) is 5.32 Å². The number of alkyl halides is 3. The van der Waals surface area contributed by atoms with E-state index in [-0.39, 0.29) is 10.8 Å². The molecule has 2 aromatic rings. The average Bonchev–Trinajstić information content (AvgIpc) is 2.37. The highest BCUT2D eigenvalue weighted by Crippen LogP contribution is 2.30. The molecular formula is C13H7ClF4N2O. The maximum absolute atomic E-state index is 13.5. The number of hydrogen-bond donors (Lipinski definition) is 1. The van der Waals surface area contributed by atoms with Gasteiger partial charge in [0.1, 0.15) is 11.0 Å². The predicted molar refractivity (Wildman–Crippen MR) is 68.6 cm³/mol. The number of anilines is 1. The number of carbonyl (C=O) groups is 1. The number of amides is 1. The molecule has 1 N–H and O–H groups in total. The van der Waals surface area contributed by atoms with Crippen LogP contribution in [-0.4, -0.2) is 10.9 Å². The Balaban J connectivity index is 2.31. The summed E-state index contributed by atoms with van der Waals surface area (Å²) in [5.41, 5.74) is -1.63. The first kappa shape index (κ1) is 15.2. The highest BCUT2D eigenvalue weighted by molar-refractivity contribution is 6.29. The van der Waals surface area contributed by atoms with Crippen LogP contribution in [0.5, 0.6) is 0 Å². The minimum absolute atomic E-state index is 0.0808. The molecule has 3 nitrogen and oxygen atoms in total. The Bertz CT molecular complexity index is 688. The Morgan fingerprint density at radius 3 is 2.52 bits per heavy atom. The maximum atomic E-state index is 13.5. The molecule has 0 aliphatic carbocycles. The predicted octanol–water partition coefficient (Wildman–Crippen LogP) is 4.15. The molecule has 0 fully saturated rings. The monoisotopic (exact) mass is 318 g/mol. The van der Waals surface area contributed by atoms with Gasteiger partial charge >= 0.3 is 6.18 Å². The normalized spacial score (nSPS) is 11.3. The Morgan fingerprint density at radius 2 is 1.90 bits per heavy atom. The lowest BCUT2D eigenvalue weighted by atomic mass is 10.1. The number of carbonyl (C=O) groups excluding carboxylic acids is 1. The summed E-state index contributed by atoms with van der Waals surface area (Å²) in [5, 5.41) is 2.33. The summed E-state index contributed by atoms with van der Waals surface area (Å²) in [6.07, 6.45) is -3.37. The minimum atomic E-state index is -4.66. The molecule has 1 aromatic heterocycles. The van der Waals surface area contributed by atoms with Crippen LogP contribution in [-0.2, 0) is 6.18 Å². The van der Waals surface area contributed by atoms with E-state index < -0.39 is 29.0 Å². The van der Waals surface area contributed by atoms with Gasteiger partial charge in [-0.1, -0.05) is 11.6 Å². The zero-order valence-electron chi connectivity index (χ0n) is 10.2. The largest absolute Gasteiger partial charge is 0.416 e. The molecule has 0 saturated heterocycles. The van der Waals surface area contributed by atoms with Gasteiger partial charge in [0.05, 0.1) is 11.1 Å². The fourth-order valence-corrected chi connectivity index (χ4v) is 1.73. The SMILES string of the molecule is O=C(Nc1ccnc(Cl)c1)c1cc(C(F)(F)F)ccc1F. The number of pyridine rings is 1. The van der Waals surface area contributed by atoms with Gasteiger partial charge in [-0.15, -0.1) is 0 Å². The zero-order valence-corrected chi connectivity index (χ0v) is 11.0. The molecule has 2 rings (SSSR count). The Hall–Kier alpha value is -2.15. The molecule has 0 bridgehead atoms. The number of halogens is 5. The van der Waals surface area contributed by atoms with Crippen molar-refractivity contribution in [3.63, 3.8) is 0 Å². The quantitative estimate of drug-likeness (QED) is 0.668. The van der Waals surface area contributed by atoms with Crippen LogP contribution in [0.25, 0.3) is 0 Å². The fourth-order valence-electron chi connectivity index (χ4n) is 1.55. The average molecular weight is 319 g/mol. The molecule has 0 radical (unpaired) electrons. The first-order chi connectivity index (χ1) is 9.77. The summed E-state index contributed by atoms with van der Waals surface area (Å²) in [7, 11) is 0. The molecular weight excluding hydrogens is 312 g/mol. The summed E-state index contributed by atoms with van der Waals surface area (Å²) in [6.45, 7) is 0. The van der Waals surface area contributed by atoms with Crippen molar-refractivity contribution in [2.24, 2.45) is 0 Å². The molecule has 0 saturated carbocycles. The van der Waals surface area contributed by atoms with Crippen molar-refractivity contribution in [1.29, 1.82) is 0 Å². The van der Waals surface area contributed by atoms with E-state index in [9.17, 15) is 22.4 Å². The number of hydrogen-bond acceptors (Lipinski definition) is 2. The summed E-state index contributed by atoms with van der Waals surface area (Å²) < 4.78 is 51.2. The molecule has 0 spiro atoms. The third-order valence-electron chi connectivity index (χ3n) is 2.52. The van der Waals surface area contributed by atoms with Crippen LogP contribution in [0.15, 0.2) is 36.5 Å². The molecule has 0 aliphatic heterocycles. The molecule has 0 atom stereocenters. The molecule has 8 heteroatoms. The van der Waals surface area contributed by atoms with Crippen molar-refractivity contribution in [1.82, 2.24) is 4.98 Å². The van der Waals surface area contributed by atoms with Crippen molar-refractivity contribution >= 4 is 23.2 Å². The van der Waals surface area contributed by atoms with Gasteiger partial charge in [-0.25, -0.2) is 9.37 Å². The Morgan fingerprint density at radius 1 is 1.19 bits per heavy atom. The van der Waals surface area contributed by atoms with Crippen LogP contribution in [0.4, 0.5) is 23.2 Å². The van der Waals surface area contributed by atoms with Crippen LogP contribution >= 0.6 is 11.6 Å². The minimum Gasteiger partial charge on any atom is -0.322 e. The van der Waals surface area contributed by atoms with Gasteiger partial charge in [0.15, 0.2) is 0 Å².